The van der Waals surface area contributed by atoms with E-state index in [1.807, 2.05) is 30.3 Å². The van der Waals surface area contributed by atoms with E-state index in [1.54, 1.807) is 18.2 Å². The van der Waals surface area contributed by atoms with Gasteiger partial charge >= 0.3 is 0 Å². The third-order valence-corrected chi connectivity index (χ3v) is 6.30. The number of hydrogen-bond donors (Lipinski definition) is 1. The van der Waals surface area contributed by atoms with E-state index in [-0.39, 0.29) is 24.0 Å². The summed E-state index contributed by atoms with van der Waals surface area (Å²) in [6.45, 7) is 0.917. The number of hydrogen-bond acceptors (Lipinski definition) is 6. The van der Waals surface area contributed by atoms with Gasteiger partial charge in [-0.05, 0) is 30.5 Å². The van der Waals surface area contributed by atoms with Crippen LogP contribution in [0.4, 0.5) is 0 Å². The summed E-state index contributed by atoms with van der Waals surface area (Å²) >= 11 is 6.15. The second-order valence-corrected chi connectivity index (χ2v) is 8.57. The SMILES string of the molecule is COc1cc(Cl)cc2cc(C(=O)C3=C(O)C(=O)N(CC4CCCO4)C3c3ccccc3)oc12. The zero-order valence-electron chi connectivity index (χ0n) is 17.9. The molecule has 2 aliphatic heterocycles. The number of amides is 1. The number of Topliss-reactive ketones (excluding diaryl/α,β-unsaturated/α-hetero) is 1. The second-order valence-electron chi connectivity index (χ2n) is 8.13. The van der Waals surface area contributed by atoms with Crippen molar-refractivity contribution in [2.75, 3.05) is 20.3 Å². The highest BCUT2D eigenvalue weighted by Crippen LogP contribution is 2.41. The molecule has 5 rings (SSSR count). The van der Waals surface area contributed by atoms with E-state index in [9.17, 15) is 14.7 Å². The number of carbonyl (C=O) groups excluding carboxylic acids is 2. The molecule has 1 saturated heterocycles. The molecule has 1 aromatic heterocycles. The first kappa shape index (κ1) is 21.6. The lowest BCUT2D eigenvalue weighted by molar-refractivity contribution is -0.131. The van der Waals surface area contributed by atoms with Gasteiger partial charge in [0, 0.05) is 29.6 Å². The predicted molar refractivity (Wildman–Crippen MR) is 122 cm³/mol. The summed E-state index contributed by atoms with van der Waals surface area (Å²) in [6.07, 6.45) is 1.59. The van der Waals surface area contributed by atoms with Crippen LogP contribution in [0.2, 0.25) is 5.02 Å². The Morgan fingerprint density at radius 2 is 2.03 bits per heavy atom. The number of halogens is 1. The molecule has 1 amide bonds. The van der Waals surface area contributed by atoms with Crippen molar-refractivity contribution in [1.82, 2.24) is 4.90 Å². The molecule has 2 aliphatic rings. The number of ether oxygens (including phenoxy) is 2. The maximum absolute atomic E-state index is 13.6. The molecule has 170 valence electrons. The number of rotatable bonds is 6. The molecule has 1 fully saturated rings. The minimum atomic E-state index is -0.755. The normalized spacial score (nSPS) is 20.8. The number of carbonyl (C=O) groups is 2. The summed E-state index contributed by atoms with van der Waals surface area (Å²) in [5.74, 6) is -1.37. The van der Waals surface area contributed by atoms with Gasteiger partial charge in [0.2, 0.25) is 5.78 Å². The lowest BCUT2D eigenvalue weighted by atomic mass is 9.95. The van der Waals surface area contributed by atoms with Gasteiger partial charge in [0.15, 0.2) is 22.9 Å². The van der Waals surface area contributed by atoms with Gasteiger partial charge in [-0.15, -0.1) is 0 Å². The Balaban J connectivity index is 1.58. The van der Waals surface area contributed by atoms with E-state index in [2.05, 4.69) is 0 Å². The summed E-state index contributed by atoms with van der Waals surface area (Å²) in [5.41, 5.74) is 1.06. The van der Waals surface area contributed by atoms with Crippen molar-refractivity contribution in [3.05, 3.63) is 76.2 Å². The smallest absolute Gasteiger partial charge is 0.290 e. The van der Waals surface area contributed by atoms with Gasteiger partial charge in [-0.2, -0.15) is 0 Å². The van der Waals surface area contributed by atoms with Gasteiger partial charge in [-0.1, -0.05) is 41.9 Å². The van der Waals surface area contributed by atoms with E-state index in [0.29, 0.717) is 33.9 Å². The molecule has 3 heterocycles. The maximum Gasteiger partial charge on any atom is 0.290 e. The van der Waals surface area contributed by atoms with Crippen molar-refractivity contribution >= 4 is 34.3 Å². The van der Waals surface area contributed by atoms with Crippen LogP contribution in [0, 0.1) is 0 Å². The molecule has 1 N–H and O–H groups in total. The molecule has 0 spiro atoms. The first-order chi connectivity index (χ1) is 16.0. The Hall–Kier alpha value is -3.29. The van der Waals surface area contributed by atoms with E-state index in [0.717, 1.165) is 12.8 Å². The van der Waals surface area contributed by atoms with Crippen LogP contribution in [0.25, 0.3) is 11.0 Å². The fourth-order valence-electron chi connectivity index (χ4n) is 4.55. The molecule has 0 bridgehead atoms. The molecule has 2 atom stereocenters. The van der Waals surface area contributed by atoms with Crippen LogP contribution in [0.1, 0.15) is 35.0 Å². The van der Waals surface area contributed by atoms with Crippen molar-refractivity contribution in [3.8, 4) is 5.75 Å². The maximum atomic E-state index is 13.6. The van der Waals surface area contributed by atoms with Gasteiger partial charge in [0.25, 0.3) is 5.91 Å². The fourth-order valence-corrected chi connectivity index (χ4v) is 4.76. The number of methoxy groups -OCH3 is 1. The molecule has 3 aromatic rings. The average Bonchev–Trinajstić information content (AvgIpc) is 3.54. The molecule has 8 heteroatoms. The number of benzene rings is 2. The molecule has 33 heavy (non-hydrogen) atoms. The van der Waals surface area contributed by atoms with E-state index in [4.69, 9.17) is 25.5 Å². The standard InChI is InChI=1S/C25H22ClNO6/c1-31-19-12-16(26)10-15-11-18(33-24(15)19)22(28)20-21(14-6-3-2-4-7-14)27(25(30)23(20)29)13-17-8-5-9-32-17/h2-4,6-7,10-12,17,21,29H,5,8-9,13H2,1H3. The highest BCUT2D eigenvalue weighted by molar-refractivity contribution is 6.31. The van der Waals surface area contributed by atoms with Gasteiger partial charge in [-0.25, -0.2) is 0 Å². The molecule has 2 unspecified atom stereocenters. The topological polar surface area (TPSA) is 89.2 Å². The van der Waals surface area contributed by atoms with Crippen molar-refractivity contribution in [2.45, 2.75) is 25.0 Å². The summed E-state index contributed by atoms with van der Waals surface area (Å²) in [4.78, 5) is 28.2. The predicted octanol–water partition coefficient (Wildman–Crippen LogP) is 4.85. The number of aliphatic hydroxyl groups excluding tert-OH is 1. The highest BCUT2D eigenvalue weighted by atomic mass is 35.5. The first-order valence-corrected chi connectivity index (χ1v) is 11.1. The lowest BCUT2D eigenvalue weighted by Crippen LogP contribution is -2.37. The minimum absolute atomic E-state index is 0.0141. The minimum Gasteiger partial charge on any atom is -0.503 e. The zero-order valence-corrected chi connectivity index (χ0v) is 18.7. The van der Waals surface area contributed by atoms with Crippen LogP contribution in [0.3, 0.4) is 0 Å². The van der Waals surface area contributed by atoms with E-state index < -0.39 is 23.5 Å². The quantitative estimate of drug-likeness (QED) is 0.521. The summed E-state index contributed by atoms with van der Waals surface area (Å²) in [6, 6.07) is 13.2. The molecule has 0 aliphatic carbocycles. The van der Waals surface area contributed by atoms with Gasteiger partial charge in [-0.3, -0.25) is 9.59 Å². The lowest BCUT2D eigenvalue weighted by Gasteiger charge is -2.28. The number of ketones is 1. The molecular formula is C25H22ClNO6. The van der Waals surface area contributed by atoms with Crippen molar-refractivity contribution in [3.63, 3.8) is 0 Å². The van der Waals surface area contributed by atoms with Crippen molar-refractivity contribution in [2.24, 2.45) is 0 Å². The number of fused-ring (bicyclic) bond motifs is 1. The third kappa shape index (κ3) is 3.77. The average molecular weight is 468 g/mol. The summed E-state index contributed by atoms with van der Waals surface area (Å²) in [7, 11) is 1.48. The second kappa shape index (κ2) is 8.57. The summed E-state index contributed by atoms with van der Waals surface area (Å²) in [5, 5.41) is 11.8. The Labute approximate surface area is 195 Å². The monoisotopic (exact) mass is 467 g/mol. The Kier molecular flexibility index (Phi) is 5.60. The number of nitrogens with zero attached hydrogens (tertiary/aromatic N) is 1. The van der Waals surface area contributed by atoms with Crippen LogP contribution in [-0.2, 0) is 9.53 Å². The molecule has 2 aromatic carbocycles. The van der Waals surface area contributed by atoms with Crippen LogP contribution < -0.4 is 4.74 Å². The van der Waals surface area contributed by atoms with Gasteiger partial charge < -0.3 is 23.9 Å². The molecule has 0 radical (unpaired) electrons. The van der Waals surface area contributed by atoms with Crippen LogP contribution >= 0.6 is 11.6 Å². The third-order valence-electron chi connectivity index (χ3n) is 6.08. The molecule has 0 saturated carbocycles. The first-order valence-electron chi connectivity index (χ1n) is 10.7. The molecule has 7 nitrogen and oxygen atoms in total. The van der Waals surface area contributed by atoms with E-state index >= 15 is 0 Å². The van der Waals surface area contributed by atoms with Crippen LogP contribution in [0.15, 0.2) is 64.3 Å². The van der Waals surface area contributed by atoms with Gasteiger partial charge in [0.1, 0.15) is 0 Å². The van der Waals surface area contributed by atoms with Crippen LogP contribution in [-0.4, -0.2) is 48.1 Å². The van der Waals surface area contributed by atoms with Gasteiger partial charge in [0.05, 0.1) is 24.8 Å². The Morgan fingerprint density at radius 1 is 1.24 bits per heavy atom. The molecular weight excluding hydrogens is 446 g/mol. The number of aliphatic hydroxyl groups is 1. The fraction of sp³-hybridized carbons (Fsp3) is 0.280. The largest absolute Gasteiger partial charge is 0.503 e. The highest BCUT2D eigenvalue weighted by Gasteiger charge is 2.45. The van der Waals surface area contributed by atoms with Crippen LogP contribution in [0.5, 0.6) is 5.75 Å². The zero-order chi connectivity index (χ0) is 23.1. The van der Waals surface area contributed by atoms with Crippen molar-refractivity contribution < 1.29 is 28.6 Å². The van der Waals surface area contributed by atoms with E-state index in [1.165, 1.54) is 12.0 Å². The number of furan rings is 1. The van der Waals surface area contributed by atoms with Crippen molar-refractivity contribution in [1.29, 1.82) is 0 Å². The summed E-state index contributed by atoms with van der Waals surface area (Å²) < 4.78 is 16.9. The Morgan fingerprint density at radius 3 is 2.73 bits per heavy atom. The Bertz CT molecular complexity index is 1260.